The summed E-state index contributed by atoms with van der Waals surface area (Å²) >= 11 is 3.37. The largest absolute Gasteiger partial charge is 0.483 e. The van der Waals surface area contributed by atoms with Crippen LogP contribution in [0.5, 0.6) is 17.2 Å². The summed E-state index contributed by atoms with van der Waals surface area (Å²) in [4.78, 5) is 23.9. The van der Waals surface area contributed by atoms with E-state index in [-0.39, 0.29) is 13.4 Å². The number of hydrogen-bond donors (Lipinski definition) is 2. The Morgan fingerprint density at radius 3 is 2.72 bits per heavy atom. The quantitative estimate of drug-likeness (QED) is 0.760. The van der Waals surface area contributed by atoms with Gasteiger partial charge in [-0.25, -0.2) is 0 Å². The van der Waals surface area contributed by atoms with Crippen molar-refractivity contribution in [3.63, 3.8) is 0 Å². The van der Waals surface area contributed by atoms with E-state index >= 15 is 0 Å². The zero-order valence-electron chi connectivity index (χ0n) is 13.3. The van der Waals surface area contributed by atoms with Gasteiger partial charge in [-0.2, -0.15) is 0 Å². The summed E-state index contributed by atoms with van der Waals surface area (Å²) in [5.41, 5.74) is 6.03. The minimum atomic E-state index is -0.485. The number of hydrazine groups is 1. The maximum atomic E-state index is 12.0. The highest BCUT2D eigenvalue weighted by Crippen LogP contribution is 2.32. The molecule has 130 valence electrons. The lowest BCUT2D eigenvalue weighted by Crippen LogP contribution is -2.43. The number of hydrogen-bond acceptors (Lipinski definition) is 5. The molecular formula is C17H15BrN2O5. The van der Waals surface area contributed by atoms with Crippen LogP contribution >= 0.6 is 15.9 Å². The molecular weight excluding hydrogens is 392 g/mol. The molecule has 0 spiro atoms. The van der Waals surface area contributed by atoms with Gasteiger partial charge in [0.2, 0.25) is 6.79 Å². The van der Waals surface area contributed by atoms with Gasteiger partial charge in [0.1, 0.15) is 5.75 Å². The Morgan fingerprint density at radius 2 is 1.92 bits per heavy atom. The highest BCUT2D eigenvalue weighted by molar-refractivity contribution is 9.10. The lowest BCUT2D eigenvalue weighted by Gasteiger charge is -2.10. The summed E-state index contributed by atoms with van der Waals surface area (Å²) in [6.45, 7) is 1.85. The Balaban J connectivity index is 1.49. The fourth-order valence-corrected chi connectivity index (χ4v) is 2.75. The molecule has 2 N–H and O–H groups in total. The van der Waals surface area contributed by atoms with E-state index in [1.165, 1.54) is 0 Å². The van der Waals surface area contributed by atoms with Crippen molar-refractivity contribution in [3.8, 4) is 17.2 Å². The molecule has 0 unspecified atom stereocenters. The molecule has 0 saturated heterocycles. The number of carbonyl (C=O) groups excluding carboxylic acids is 2. The van der Waals surface area contributed by atoms with Crippen LogP contribution in [0.2, 0.25) is 0 Å². The number of ether oxygens (including phenoxy) is 3. The number of fused-ring (bicyclic) bond motifs is 1. The number of nitrogens with one attached hydrogen (secondary N) is 2. The molecule has 1 aliphatic rings. The number of halogens is 1. The van der Waals surface area contributed by atoms with Gasteiger partial charge in [0.05, 0.1) is 4.47 Å². The SMILES string of the molecule is Cc1ccc(OCC(=O)NNC(=O)c2ccc3c(c2)OCO3)c(Br)c1. The Morgan fingerprint density at radius 1 is 1.12 bits per heavy atom. The summed E-state index contributed by atoms with van der Waals surface area (Å²) in [5.74, 6) is 0.664. The number of benzene rings is 2. The number of rotatable bonds is 4. The van der Waals surface area contributed by atoms with Crippen molar-refractivity contribution < 1.29 is 23.8 Å². The number of aryl methyl sites for hydroxylation is 1. The van der Waals surface area contributed by atoms with Crippen LogP contribution in [-0.2, 0) is 4.79 Å². The van der Waals surface area contributed by atoms with Gasteiger partial charge in [0, 0.05) is 5.56 Å². The van der Waals surface area contributed by atoms with E-state index in [0.29, 0.717) is 22.8 Å². The Kier molecular flexibility index (Phi) is 5.08. The van der Waals surface area contributed by atoms with Gasteiger partial charge in [-0.15, -0.1) is 0 Å². The van der Waals surface area contributed by atoms with E-state index in [4.69, 9.17) is 14.2 Å². The van der Waals surface area contributed by atoms with Gasteiger partial charge in [-0.05, 0) is 58.7 Å². The highest BCUT2D eigenvalue weighted by Gasteiger charge is 2.16. The second-order valence-electron chi connectivity index (χ2n) is 5.29. The van der Waals surface area contributed by atoms with E-state index in [0.717, 1.165) is 10.0 Å². The molecule has 0 bridgehead atoms. The molecule has 0 atom stereocenters. The van der Waals surface area contributed by atoms with Gasteiger partial charge in [-0.3, -0.25) is 20.4 Å². The van der Waals surface area contributed by atoms with Crippen molar-refractivity contribution in [3.05, 3.63) is 52.0 Å². The Labute approximate surface area is 152 Å². The standard InChI is InChI=1S/C17H15BrN2O5/c1-10-2-4-13(12(18)6-10)23-8-16(21)19-20-17(22)11-3-5-14-15(7-11)25-9-24-14/h2-7H,8-9H2,1H3,(H,19,21)(H,20,22). The molecule has 8 heteroatoms. The normalized spacial score (nSPS) is 11.8. The molecule has 1 heterocycles. The summed E-state index contributed by atoms with van der Waals surface area (Å²) < 4.78 is 16.5. The molecule has 3 rings (SSSR count). The number of amides is 2. The van der Waals surface area contributed by atoms with E-state index in [1.54, 1.807) is 24.3 Å². The summed E-state index contributed by atoms with van der Waals surface area (Å²) in [6.07, 6.45) is 0. The van der Waals surface area contributed by atoms with Crippen molar-refractivity contribution in [1.29, 1.82) is 0 Å². The van der Waals surface area contributed by atoms with Crippen LogP contribution in [0.25, 0.3) is 0 Å². The molecule has 1 aliphatic heterocycles. The van der Waals surface area contributed by atoms with Crippen molar-refractivity contribution in [2.45, 2.75) is 6.92 Å². The highest BCUT2D eigenvalue weighted by atomic mass is 79.9. The maximum absolute atomic E-state index is 12.0. The molecule has 2 amide bonds. The molecule has 0 aromatic heterocycles. The van der Waals surface area contributed by atoms with Crippen molar-refractivity contribution in [1.82, 2.24) is 10.9 Å². The van der Waals surface area contributed by atoms with E-state index in [1.807, 2.05) is 19.1 Å². The summed E-state index contributed by atoms with van der Waals surface area (Å²) in [7, 11) is 0. The van der Waals surface area contributed by atoms with Crippen LogP contribution in [0.3, 0.4) is 0 Å². The van der Waals surface area contributed by atoms with Crippen LogP contribution in [-0.4, -0.2) is 25.2 Å². The predicted octanol–water partition coefficient (Wildman–Crippen LogP) is 2.33. The topological polar surface area (TPSA) is 85.9 Å². The van der Waals surface area contributed by atoms with Crippen LogP contribution < -0.4 is 25.1 Å². The molecule has 2 aromatic rings. The molecule has 0 saturated carbocycles. The van der Waals surface area contributed by atoms with Gasteiger partial charge < -0.3 is 14.2 Å². The molecule has 0 aliphatic carbocycles. The van der Waals surface area contributed by atoms with Gasteiger partial charge in [0.25, 0.3) is 11.8 Å². The van der Waals surface area contributed by atoms with Gasteiger partial charge in [-0.1, -0.05) is 6.07 Å². The van der Waals surface area contributed by atoms with Crippen LogP contribution in [0.15, 0.2) is 40.9 Å². The first-order valence-electron chi connectivity index (χ1n) is 7.41. The average Bonchev–Trinajstić information content (AvgIpc) is 3.06. The second kappa shape index (κ2) is 7.43. The molecule has 0 radical (unpaired) electrons. The lowest BCUT2D eigenvalue weighted by molar-refractivity contribution is -0.123. The Hall–Kier alpha value is -2.74. The van der Waals surface area contributed by atoms with E-state index in [9.17, 15) is 9.59 Å². The van der Waals surface area contributed by atoms with Crippen molar-refractivity contribution in [2.24, 2.45) is 0 Å². The first-order chi connectivity index (χ1) is 12.0. The third-order valence-electron chi connectivity index (χ3n) is 3.40. The third kappa shape index (κ3) is 4.21. The minimum absolute atomic E-state index is 0.128. The maximum Gasteiger partial charge on any atom is 0.276 e. The molecule has 2 aromatic carbocycles. The molecule has 7 nitrogen and oxygen atoms in total. The summed E-state index contributed by atoms with van der Waals surface area (Å²) in [5, 5.41) is 0. The lowest BCUT2D eigenvalue weighted by atomic mass is 10.2. The van der Waals surface area contributed by atoms with E-state index < -0.39 is 11.8 Å². The summed E-state index contributed by atoms with van der Waals surface area (Å²) in [6, 6.07) is 10.3. The first-order valence-corrected chi connectivity index (χ1v) is 8.20. The third-order valence-corrected chi connectivity index (χ3v) is 4.02. The molecule has 0 fully saturated rings. The van der Waals surface area contributed by atoms with Crippen molar-refractivity contribution >= 4 is 27.7 Å². The average molecular weight is 407 g/mol. The van der Waals surface area contributed by atoms with Crippen LogP contribution in [0.1, 0.15) is 15.9 Å². The van der Waals surface area contributed by atoms with Crippen LogP contribution in [0.4, 0.5) is 0 Å². The fraction of sp³-hybridized carbons (Fsp3) is 0.176. The van der Waals surface area contributed by atoms with Gasteiger partial charge in [0.15, 0.2) is 18.1 Å². The van der Waals surface area contributed by atoms with E-state index in [2.05, 4.69) is 26.8 Å². The van der Waals surface area contributed by atoms with Crippen LogP contribution in [0, 0.1) is 6.92 Å². The zero-order valence-corrected chi connectivity index (χ0v) is 14.9. The zero-order chi connectivity index (χ0) is 17.8. The van der Waals surface area contributed by atoms with Crippen molar-refractivity contribution in [2.75, 3.05) is 13.4 Å². The number of carbonyl (C=O) groups is 2. The smallest absolute Gasteiger partial charge is 0.276 e. The fourth-order valence-electron chi connectivity index (χ4n) is 2.14. The monoisotopic (exact) mass is 406 g/mol. The van der Waals surface area contributed by atoms with Gasteiger partial charge >= 0.3 is 0 Å². The molecule has 25 heavy (non-hydrogen) atoms. The first kappa shape index (κ1) is 17.1. The second-order valence-corrected chi connectivity index (χ2v) is 6.15. The predicted molar refractivity (Wildman–Crippen MR) is 92.5 cm³/mol. The minimum Gasteiger partial charge on any atom is -0.483 e. The Bertz CT molecular complexity index is 825.